The standard InChI is InChI=1S/C21H12O2/c22-18-9-8-12-6-3-7-15-16-10-13-4-1-2-5-14(13)11-17(16)21(23)20(18)19(12)15/h1-11,22H. The van der Waals surface area contributed by atoms with Gasteiger partial charge in [0.2, 0.25) is 0 Å². The molecule has 5 rings (SSSR count). The largest absolute Gasteiger partial charge is 0.507 e. The van der Waals surface area contributed by atoms with Gasteiger partial charge in [0.1, 0.15) is 5.75 Å². The van der Waals surface area contributed by atoms with Crippen LogP contribution in [0.15, 0.2) is 66.7 Å². The molecule has 0 aromatic heterocycles. The Morgan fingerprint density at radius 1 is 0.652 bits per heavy atom. The normalized spacial score (nSPS) is 12.6. The van der Waals surface area contributed by atoms with Crippen LogP contribution in [-0.4, -0.2) is 10.9 Å². The fraction of sp³-hybridized carbons (Fsp3) is 0. The number of hydrogen-bond donors (Lipinski definition) is 1. The Labute approximate surface area is 132 Å². The van der Waals surface area contributed by atoms with Crippen LogP contribution in [0.4, 0.5) is 0 Å². The number of rotatable bonds is 0. The molecule has 0 radical (unpaired) electrons. The van der Waals surface area contributed by atoms with Gasteiger partial charge in [0.25, 0.3) is 0 Å². The summed E-state index contributed by atoms with van der Waals surface area (Å²) in [5.74, 6) is -0.0543. The molecule has 4 aromatic carbocycles. The lowest BCUT2D eigenvalue weighted by Crippen LogP contribution is -2.10. The van der Waals surface area contributed by atoms with E-state index in [1.807, 2.05) is 48.5 Å². The zero-order chi connectivity index (χ0) is 15.6. The van der Waals surface area contributed by atoms with Gasteiger partial charge in [0.15, 0.2) is 5.78 Å². The molecule has 23 heavy (non-hydrogen) atoms. The monoisotopic (exact) mass is 296 g/mol. The quantitative estimate of drug-likeness (QED) is 0.441. The molecule has 0 spiro atoms. The molecule has 0 amide bonds. The van der Waals surface area contributed by atoms with E-state index in [9.17, 15) is 9.90 Å². The van der Waals surface area contributed by atoms with E-state index in [1.54, 1.807) is 6.07 Å². The van der Waals surface area contributed by atoms with Gasteiger partial charge in [-0.2, -0.15) is 0 Å². The fourth-order valence-electron chi connectivity index (χ4n) is 3.61. The molecule has 0 unspecified atom stereocenters. The molecule has 0 atom stereocenters. The van der Waals surface area contributed by atoms with Gasteiger partial charge in [-0.25, -0.2) is 0 Å². The van der Waals surface area contributed by atoms with Crippen molar-refractivity contribution in [1.82, 2.24) is 0 Å². The molecule has 1 N–H and O–H groups in total. The second-order valence-electron chi connectivity index (χ2n) is 5.94. The maximum absolute atomic E-state index is 13.0. The van der Waals surface area contributed by atoms with Crippen LogP contribution in [0.2, 0.25) is 0 Å². The number of benzene rings is 4. The summed E-state index contributed by atoms with van der Waals surface area (Å²) in [6.45, 7) is 0. The van der Waals surface area contributed by atoms with E-state index in [0.717, 1.165) is 32.7 Å². The van der Waals surface area contributed by atoms with Crippen molar-refractivity contribution in [3.8, 4) is 16.9 Å². The van der Waals surface area contributed by atoms with Crippen LogP contribution in [0.5, 0.6) is 5.75 Å². The number of aromatic hydroxyl groups is 1. The van der Waals surface area contributed by atoms with E-state index in [-0.39, 0.29) is 11.5 Å². The van der Waals surface area contributed by atoms with Gasteiger partial charge < -0.3 is 5.11 Å². The molecule has 0 heterocycles. The molecule has 1 aliphatic carbocycles. The Morgan fingerprint density at radius 3 is 2.13 bits per heavy atom. The second kappa shape index (κ2) is 4.20. The Morgan fingerprint density at radius 2 is 1.35 bits per heavy atom. The average Bonchev–Trinajstić information content (AvgIpc) is 2.59. The summed E-state index contributed by atoms with van der Waals surface area (Å²) in [5, 5.41) is 14.2. The van der Waals surface area contributed by atoms with Crippen LogP contribution in [0.3, 0.4) is 0 Å². The lowest BCUT2D eigenvalue weighted by atomic mass is 9.81. The van der Waals surface area contributed by atoms with Gasteiger partial charge in [-0.15, -0.1) is 0 Å². The zero-order valence-corrected chi connectivity index (χ0v) is 12.2. The van der Waals surface area contributed by atoms with Crippen molar-refractivity contribution < 1.29 is 9.90 Å². The summed E-state index contributed by atoms with van der Waals surface area (Å²) in [7, 11) is 0. The molecular formula is C21H12O2. The molecule has 1 aliphatic rings. The Kier molecular flexibility index (Phi) is 2.27. The Balaban J connectivity index is 2.02. The molecule has 0 bridgehead atoms. The summed E-state index contributed by atoms with van der Waals surface area (Å²) in [6, 6.07) is 21.5. The molecule has 4 aromatic rings. The van der Waals surface area contributed by atoms with Crippen LogP contribution in [-0.2, 0) is 0 Å². The van der Waals surface area contributed by atoms with Gasteiger partial charge in [-0.1, -0.05) is 48.5 Å². The molecule has 0 aliphatic heterocycles. The number of carbonyl (C=O) groups is 1. The highest BCUT2D eigenvalue weighted by atomic mass is 16.3. The Bertz CT molecular complexity index is 1140. The third kappa shape index (κ3) is 1.55. The van der Waals surface area contributed by atoms with E-state index in [4.69, 9.17) is 0 Å². The molecular weight excluding hydrogens is 284 g/mol. The molecule has 108 valence electrons. The number of phenolic OH excluding ortho intramolecular Hbond substituents is 1. The van der Waals surface area contributed by atoms with Gasteiger partial charge in [-0.3, -0.25) is 4.79 Å². The first-order valence-electron chi connectivity index (χ1n) is 7.56. The molecule has 2 heteroatoms. The van der Waals surface area contributed by atoms with E-state index in [2.05, 4.69) is 12.1 Å². The van der Waals surface area contributed by atoms with Crippen molar-refractivity contribution in [2.24, 2.45) is 0 Å². The smallest absolute Gasteiger partial charge is 0.198 e. The molecule has 2 nitrogen and oxygen atoms in total. The number of carbonyl (C=O) groups excluding carboxylic acids is 1. The average molecular weight is 296 g/mol. The number of ketones is 1. The van der Waals surface area contributed by atoms with Crippen LogP contribution < -0.4 is 0 Å². The van der Waals surface area contributed by atoms with E-state index >= 15 is 0 Å². The summed E-state index contributed by atoms with van der Waals surface area (Å²) in [5.41, 5.74) is 3.03. The minimum atomic E-state index is -0.104. The van der Waals surface area contributed by atoms with Crippen LogP contribution in [0.25, 0.3) is 32.7 Å². The van der Waals surface area contributed by atoms with Gasteiger partial charge >= 0.3 is 0 Å². The predicted molar refractivity (Wildman–Crippen MR) is 92.0 cm³/mol. The fourth-order valence-corrected chi connectivity index (χ4v) is 3.61. The first-order valence-corrected chi connectivity index (χ1v) is 7.56. The topological polar surface area (TPSA) is 37.3 Å². The minimum absolute atomic E-state index is 0.0498. The van der Waals surface area contributed by atoms with E-state index < -0.39 is 0 Å². The van der Waals surface area contributed by atoms with Crippen molar-refractivity contribution in [2.45, 2.75) is 0 Å². The van der Waals surface area contributed by atoms with Gasteiger partial charge in [0.05, 0.1) is 5.56 Å². The molecule has 0 saturated heterocycles. The summed E-state index contributed by atoms with van der Waals surface area (Å²) in [6.07, 6.45) is 0. The first-order chi connectivity index (χ1) is 11.2. The van der Waals surface area contributed by atoms with Crippen LogP contribution in [0.1, 0.15) is 15.9 Å². The molecule has 0 fully saturated rings. The molecule has 0 saturated carbocycles. The highest BCUT2D eigenvalue weighted by Gasteiger charge is 2.27. The number of phenols is 1. The van der Waals surface area contributed by atoms with Crippen LogP contribution >= 0.6 is 0 Å². The summed E-state index contributed by atoms with van der Waals surface area (Å²) < 4.78 is 0. The van der Waals surface area contributed by atoms with Gasteiger partial charge in [0, 0.05) is 10.9 Å². The van der Waals surface area contributed by atoms with Crippen molar-refractivity contribution >= 4 is 27.3 Å². The van der Waals surface area contributed by atoms with E-state index in [0.29, 0.717) is 11.1 Å². The van der Waals surface area contributed by atoms with Crippen molar-refractivity contribution in [3.63, 3.8) is 0 Å². The lowest BCUT2D eigenvalue weighted by molar-refractivity contribution is 0.103. The predicted octanol–water partition coefficient (Wildman–Crippen LogP) is 4.91. The highest BCUT2D eigenvalue weighted by molar-refractivity contribution is 6.28. The third-order valence-corrected chi connectivity index (χ3v) is 4.67. The van der Waals surface area contributed by atoms with E-state index in [1.165, 1.54) is 0 Å². The Hall–Kier alpha value is -3.13. The number of fused-ring (bicyclic) bond motifs is 3. The summed E-state index contributed by atoms with van der Waals surface area (Å²) in [4.78, 5) is 13.0. The summed E-state index contributed by atoms with van der Waals surface area (Å²) >= 11 is 0. The van der Waals surface area contributed by atoms with Gasteiger partial charge in [-0.05, 0) is 45.5 Å². The SMILES string of the molecule is O=C1c2cc3ccccc3cc2-c2cccc3ccc(O)c1c23. The second-order valence-corrected chi connectivity index (χ2v) is 5.94. The van der Waals surface area contributed by atoms with Crippen molar-refractivity contribution in [1.29, 1.82) is 0 Å². The van der Waals surface area contributed by atoms with Crippen LogP contribution in [0, 0.1) is 0 Å². The number of hydrogen-bond acceptors (Lipinski definition) is 2. The lowest BCUT2D eigenvalue weighted by Gasteiger charge is -2.21. The maximum atomic E-state index is 13.0. The third-order valence-electron chi connectivity index (χ3n) is 4.67. The maximum Gasteiger partial charge on any atom is 0.198 e. The highest BCUT2D eigenvalue weighted by Crippen LogP contribution is 2.43. The zero-order valence-electron chi connectivity index (χ0n) is 12.2. The van der Waals surface area contributed by atoms with Crippen molar-refractivity contribution in [3.05, 3.63) is 77.9 Å². The van der Waals surface area contributed by atoms with Crippen molar-refractivity contribution in [2.75, 3.05) is 0 Å². The minimum Gasteiger partial charge on any atom is -0.507 e. The first kappa shape index (κ1) is 12.4.